The lowest BCUT2D eigenvalue weighted by Crippen LogP contribution is -2.31. The molecule has 0 saturated heterocycles. The molecule has 0 radical (unpaired) electrons. The number of ether oxygens (including phenoxy) is 1. The van der Waals surface area contributed by atoms with E-state index >= 15 is 0 Å². The van der Waals surface area contributed by atoms with Crippen LogP contribution in [0, 0.1) is 10.7 Å². The number of aromatic hydroxyl groups is 1. The quantitative estimate of drug-likeness (QED) is 0.365. The number of aromatic amines is 1. The summed E-state index contributed by atoms with van der Waals surface area (Å²) in [5.41, 5.74) is -1.19. The van der Waals surface area contributed by atoms with Gasteiger partial charge in [-0.1, -0.05) is 17.7 Å². The Morgan fingerprint density at radius 2 is 2.10 bits per heavy atom. The molecule has 3 aromatic rings. The van der Waals surface area contributed by atoms with Gasteiger partial charge in [-0.2, -0.15) is 5.26 Å². The van der Waals surface area contributed by atoms with Crippen molar-refractivity contribution in [2.75, 3.05) is 7.11 Å². The number of aromatic nitrogens is 2. The van der Waals surface area contributed by atoms with Crippen LogP contribution in [0.2, 0.25) is 5.02 Å². The summed E-state index contributed by atoms with van der Waals surface area (Å²) < 4.78 is 6.17. The summed E-state index contributed by atoms with van der Waals surface area (Å²) in [6.45, 7) is 0. The van der Waals surface area contributed by atoms with Crippen molar-refractivity contribution in [3.05, 3.63) is 73.9 Å². The molecule has 0 atom stereocenters. The first-order chi connectivity index (χ1) is 13.9. The molecule has 3 rings (SSSR count). The van der Waals surface area contributed by atoms with Gasteiger partial charge in [-0.05, 0) is 48.2 Å². The first-order valence-corrected chi connectivity index (χ1v) is 9.26. The van der Waals surface area contributed by atoms with E-state index in [0.717, 1.165) is 22.5 Å². The van der Waals surface area contributed by atoms with Crippen LogP contribution in [-0.4, -0.2) is 28.0 Å². The largest absolute Gasteiger partial charge is 0.494 e. The van der Waals surface area contributed by atoms with E-state index in [9.17, 15) is 14.7 Å². The van der Waals surface area contributed by atoms with Gasteiger partial charge in [0.25, 0.3) is 5.56 Å². The number of benzene rings is 2. The standard InChI is InChI=1S/C19H13ClN4O4S/c1-28-16-8-13(29-10-21)5-6-15(16)22-9-14-17(25)23-19(27)24(18(14)26)12-4-2-3-11(20)7-12/h2-9,26H,1H3,(H,23,25,27). The molecular formula is C19H13ClN4O4S. The Balaban J connectivity index is 2.09. The van der Waals surface area contributed by atoms with Gasteiger partial charge < -0.3 is 9.84 Å². The van der Waals surface area contributed by atoms with Crippen LogP contribution in [0.4, 0.5) is 5.69 Å². The molecule has 2 N–H and O–H groups in total. The fourth-order valence-corrected chi connectivity index (χ4v) is 3.12. The number of methoxy groups -OCH3 is 1. The van der Waals surface area contributed by atoms with Crippen LogP contribution in [0.3, 0.4) is 0 Å². The van der Waals surface area contributed by atoms with E-state index in [-0.39, 0.29) is 11.3 Å². The molecule has 1 heterocycles. The summed E-state index contributed by atoms with van der Waals surface area (Å²) in [6, 6.07) is 11.1. The Kier molecular flexibility index (Phi) is 6.07. The number of halogens is 1. The highest BCUT2D eigenvalue weighted by molar-refractivity contribution is 8.03. The lowest BCUT2D eigenvalue weighted by atomic mass is 10.2. The predicted octanol–water partition coefficient (Wildman–Crippen LogP) is 3.22. The fraction of sp³-hybridized carbons (Fsp3) is 0.0526. The third-order valence-electron chi connectivity index (χ3n) is 3.83. The number of rotatable bonds is 5. The van der Waals surface area contributed by atoms with Gasteiger partial charge in [0.2, 0.25) is 5.88 Å². The molecule has 10 heteroatoms. The van der Waals surface area contributed by atoms with E-state index in [2.05, 4.69) is 9.98 Å². The molecule has 29 heavy (non-hydrogen) atoms. The maximum atomic E-state index is 12.2. The Morgan fingerprint density at radius 1 is 1.31 bits per heavy atom. The number of nitrogens with zero attached hydrogens (tertiary/aromatic N) is 3. The molecular weight excluding hydrogens is 416 g/mol. The van der Waals surface area contributed by atoms with Gasteiger partial charge in [-0.3, -0.25) is 14.8 Å². The maximum Gasteiger partial charge on any atom is 0.335 e. The highest BCUT2D eigenvalue weighted by Gasteiger charge is 2.15. The first-order valence-electron chi connectivity index (χ1n) is 8.07. The zero-order chi connectivity index (χ0) is 21.0. The molecule has 146 valence electrons. The number of hydrogen-bond acceptors (Lipinski definition) is 7. The van der Waals surface area contributed by atoms with E-state index in [1.807, 2.05) is 5.40 Å². The van der Waals surface area contributed by atoms with Crippen molar-refractivity contribution in [2.45, 2.75) is 4.90 Å². The van der Waals surface area contributed by atoms with Crippen LogP contribution in [0.1, 0.15) is 5.56 Å². The number of hydrogen-bond donors (Lipinski definition) is 2. The molecule has 0 spiro atoms. The minimum absolute atomic E-state index is 0.220. The second-order valence-corrected chi connectivity index (χ2v) is 6.89. The van der Waals surface area contributed by atoms with E-state index in [4.69, 9.17) is 21.6 Å². The number of aliphatic imine (C=N–C) groups is 1. The lowest BCUT2D eigenvalue weighted by molar-refractivity contribution is 0.415. The molecule has 8 nitrogen and oxygen atoms in total. The minimum Gasteiger partial charge on any atom is -0.494 e. The highest BCUT2D eigenvalue weighted by Crippen LogP contribution is 2.32. The van der Waals surface area contributed by atoms with Gasteiger partial charge in [0.15, 0.2) is 0 Å². The van der Waals surface area contributed by atoms with Crippen molar-refractivity contribution in [1.82, 2.24) is 9.55 Å². The van der Waals surface area contributed by atoms with Gasteiger partial charge >= 0.3 is 5.69 Å². The molecule has 0 fully saturated rings. The van der Waals surface area contributed by atoms with Gasteiger partial charge in [-0.25, -0.2) is 9.36 Å². The summed E-state index contributed by atoms with van der Waals surface area (Å²) in [5.74, 6) is -0.207. The second kappa shape index (κ2) is 8.68. The SMILES string of the molecule is COc1cc(SC#N)ccc1N=Cc1c(O)n(-c2cccc(Cl)c2)c(=O)[nH]c1=O. The van der Waals surface area contributed by atoms with Crippen LogP contribution < -0.4 is 16.0 Å². The molecule has 0 saturated carbocycles. The normalized spacial score (nSPS) is 10.8. The molecule has 0 unspecified atom stereocenters. The molecule has 1 aromatic heterocycles. The Labute approximate surface area is 173 Å². The van der Waals surface area contributed by atoms with Crippen molar-refractivity contribution < 1.29 is 9.84 Å². The topological polar surface area (TPSA) is 120 Å². The zero-order valence-electron chi connectivity index (χ0n) is 14.9. The Bertz CT molecular complexity index is 1260. The average Bonchev–Trinajstić information content (AvgIpc) is 2.68. The Hall–Kier alpha value is -3.48. The second-order valence-electron chi connectivity index (χ2n) is 5.60. The van der Waals surface area contributed by atoms with Crippen molar-refractivity contribution in [3.8, 4) is 22.7 Å². The van der Waals surface area contributed by atoms with E-state index < -0.39 is 17.1 Å². The number of thioether (sulfide) groups is 1. The Morgan fingerprint density at radius 3 is 2.79 bits per heavy atom. The van der Waals surface area contributed by atoms with E-state index in [0.29, 0.717) is 21.4 Å². The van der Waals surface area contributed by atoms with Gasteiger partial charge in [0.05, 0.1) is 12.8 Å². The van der Waals surface area contributed by atoms with Crippen LogP contribution in [0.25, 0.3) is 5.69 Å². The van der Waals surface area contributed by atoms with Gasteiger partial charge in [0, 0.05) is 16.1 Å². The predicted molar refractivity (Wildman–Crippen MR) is 111 cm³/mol. The summed E-state index contributed by atoms with van der Waals surface area (Å²) in [6.07, 6.45) is 1.13. The number of nitrogens with one attached hydrogen (secondary N) is 1. The van der Waals surface area contributed by atoms with Gasteiger partial charge in [-0.15, -0.1) is 0 Å². The molecule has 0 amide bonds. The average molecular weight is 429 g/mol. The van der Waals surface area contributed by atoms with Crippen molar-refractivity contribution in [3.63, 3.8) is 0 Å². The third kappa shape index (κ3) is 4.34. The summed E-state index contributed by atoms with van der Waals surface area (Å²) in [5, 5.41) is 21.6. The molecule has 0 bridgehead atoms. The molecule has 0 aliphatic heterocycles. The van der Waals surface area contributed by atoms with Crippen molar-refractivity contribution in [1.29, 1.82) is 5.26 Å². The number of H-pyrrole nitrogens is 1. The molecule has 0 aliphatic rings. The maximum absolute atomic E-state index is 12.2. The number of thiocyanates is 1. The zero-order valence-corrected chi connectivity index (χ0v) is 16.5. The first kappa shape index (κ1) is 20.3. The third-order valence-corrected chi connectivity index (χ3v) is 4.65. The van der Waals surface area contributed by atoms with E-state index in [1.165, 1.54) is 13.2 Å². The van der Waals surface area contributed by atoms with Crippen LogP contribution >= 0.6 is 23.4 Å². The lowest BCUT2D eigenvalue weighted by Gasteiger charge is -2.10. The molecule has 2 aromatic carbocycles. The summed E-state index contributed by atoms with van der Waals surface area (Å²) in [7, 11) is 1.44. The van der Waals surface area contributed by atoms with Crippen LogP contribution in [-0.2, 0) is 0 Å². The molecule has 0 aliphatic carbocycles. The van der Waals surface area contributed by atoms with Crippen molar-refractivity contribution >= 4 is 35.3 Å². The van der Waals surface area contributed by atoms with Crippen LogP contribution in [0.5, 0.6) is 11.6 Å². The summed E-state index contributed by atoms with van der Waals surface area (Å²) >= 11 is 6.91. The fourth-order valence-electron chi connectivity index (χ4n) is 2.52. The minimum atomic E-state index is -0.817. The monoisotopic (exact) mass is 428 g/mol. The van der Waals surface area contributed by atoms with Crippen LogP contribution in [0.15, 0.2) is 61.9 Å². The smallest absolute Gasteiger partial charge is 0.335 e. The highest BCUT2D eigenvalue weighted by atomic mass is 35.5. The summed E-state index contributed by atoms with van der Waals surface area (Å²) in [4.78, 5) is 31.4. The van der Waals surface area contributed by atoms with Gasteiger partial charge in [0.1, 0.15) is 22.4 Å². The van der Waals surface area contributed by atoms with E-state index in [1.54, 1.807) is 36.4 Å². The van der Waals surface area contributed by atoms with Crippen molar-refractivity contribution in [2.24, 2.45) is 4.99 Å². The number of nitriles is 1.